The van der Waals surface area contributed by atoms with E-state index in [0.29, 0.717) is 21.4 Å². The predicted octanol–water partition coefficient (Wildman–Crippen LogP) is 6.12. The maximum Gasteiger partial charge on any atom is 0.283 e. The lowest BCUT2D eigenvalue weighted by molar-refractivity contribution is -0.120. The highest BCUT2D eigenvalue weighted by Crippen LogP contribution is 2.38. The third-order valence-corrected chi connectivity index (χ3v) is 5.87. The van der Waals surface area contributed by atoms with Crippen molar-refractivity contribution in [1.82, 2.24) is 0 Å². The Labute approximate surface area is 186 Å². The van der Waals surface area contributed by atoms with Crippen LogP contribution in [0, 0.1) is 5.82 Å². The molecule has 1 aliphatic heterocycles. The van der Waals surface area contributed by atoms with E-state index < -0.39 is 17.6 Å². The number of hydrogen-bond acceptors (Lipinski definition) is 4. The summed E-state index contributed by atoms with van der Waals surface area (Å²) in [4.78, 5) is 28.4. The third kappa shape index (κ3) is 4.21. The molecule has 0 aliphatic carbocycles. The van der Waals surface area contributed by atoms with Gasteiger partial charge in [-0.05, 0) is 72.8 Å². The molecule has 1 N–H and O–H groups in total. The Hall–Kier alpha value is -2.80. The molecular formula is C22H13Cl2FN2O2S. The second-order valence-corrected chi connectivity index (χ2v) is 8.27. The van der Waals surface area contributed by atoms with E-state index in [2.05, 4.69) is 5.32 Å². The minimum atomic E-state index is -0.511. The van der Waals surface area contributed by atoms with Gasteiger partial charge in [-0.1, -0.05) is 35.0 Å². The number of halogens is 3. The molecule has 8 heteroatoms. The van der Waals surface area contributed by atoms with Crippen molar-refractivity contribution >= 4 is 58.2 Å². The summed E-state index contributed by atoms with van der Waals surface area (Å²) < 4.78 is 13.3. The molecule has 150 valence electrons. The second-order valence-electron chi connectivity index (χ2n) is 6.31. The van der Waals surface area contributed by atoms with E-state index in [-0.39, 0.29) is 10.6 Å². The molecule has 0 saturated carbocycles. The Bertz CT molecular complexity index is 1080. The first kappa shape index (κ1) is 20.5. The Morgan fingerprint density at radius 1 is 0.767 bits per heavy atom. The van der Waals surface area contributed by atoms with Crippen molar-refractivity contribution in [3.05, 3.63) is 99.3 Å². The van der Waals surface area contributed by atoms with Crippen LogP contribution < -0.4 is 10.2 Å². The van der Waals surface area contributed by atoms with Crippen molar-refractivity contribution in [2.45, 2.75) is 4.90 Å². The average molecular weight is 459 g/mol. The summed E-state index contributed by atoms with van der Waals surface area (Å²) in [6.45, 7) is 0. The van der Waals surface area contributed by atoms with Gasteiger partial charge in [-0.25, -0.2) is 9.29 Å². The van der Waals surface area contributed by atoms with E-state index in [1.807, 2.05) is 0 Å². The first-order valence-electron chi connectivity index (χ1n) is 8.77. The zero-order chi connectivity index (χ0) is 21.3. The van der Waals surface area contributed by atoms with Crippen molar-refractivity contribution in [1.29, 1.82) is 0 Å². The number of thioether (sulfide) groups is 1. The highest BCUT2D eigenvalue weighted by Gasteiger charge is 2.40. The Morgan fingerprint density at radius 2 is 1.33 bits per heavy atom. The van der Waals surface area contributed by atoms with E-state index in [9.17, 15) is 14.0 Å². The van der Waals surface area contributed by atoms with Gasteiger partial charge in [0.2, 0.25) is 0 Å². The van der Waals surface area contributed by atoms with E-state index in [1.54, 1.807) is 48.5 Å². The number of imide groups is 1. The summed E-state index contributed by atoms with van der Waals surface area (Å²) in [5.74, 6) is -1.38. The molecule has 0 saturated heterocycles. The molecular weight excluding hydrogens is 446 g/mol. The van der Waals surface area contributed by atoms with Crippen LogP contribution in [-0.2, 0) is 9.59 Å². The molecule has 0 radical (unpaired) electrons. The van der Waals surface area contributed by atoms with Gasteiger partial charge in [0.25, 0.3) is 11.8 Å². The molecule has 3 aromatic carbocycles. The van der Waals surface area contributed by atoms with Crippen molar-refractivity contribution in [3.8, 4) is 0 Å². The Balaban J connectivity index is 1.73. The maximum atomic E-state index is 13.3. The average Bonchev–Trinajstić information content (AvgIpc) is 2.96. The van der Waals surface area contributed by atoms with E-state index in [1.165, 1.54) is 24.3 Å². The number of carbonyl (C=O) groups is 2. The fraction of sp³-hybridized carbons (Fsp3) is 0. The van der Waals surface area contributed by atoms with Crippen LogP contribution in [0.15, 0.2) is 88.3 Å². The molecule has 2 amide bonds. The number of carbonyl (C=O) groups excluding carboxylic acids is 2. The smallest absolute Gasteiger partial charge is 0.283 e. The summed E-state index contributed by atoms with van der Waals surface area (Å²) >= 11 is 13.0. The fourth-order valence-corrected chi connectivity index (χ4v) is 4.02. The molecule has 3 aromatic rings. The van der Waals surface area contributed by atoms with Crippen LogP contribution >= 0.6 is 35.0 Å². The van der Waals surface area contributed by atoms with Crippen molar-refractivity contribution < 1.29 is 14.0 Å². The van der Waals surface area contributed by atoms with Gasteiger partial charge in [0, 0.05) is 20.6 Å². The van der Waals surface area contributed by atoms with Crippen LogP contribution in [0.3, 0.4) is 0 Å². The normalized spacial score (nSPS) is 13.9. The Kier molecular flexibility index (Phi) is 5.81. The molecule has 4 nitrogen and oxygen atoms in total. The molecule has 0 bridgehead atoms. The van der Waals surface area contributed by atoms with Crippen molar-refractivity contribution in [2.75, 3.05) is 10.2 Å². The van der Waals surface area contributed by atoms with Crippen molar-refractivity contribution in [3.63, 3.8) is 0 Å². The third-order valence-electron chi connectivity index (χ3n) is 4.27. The van der Waals surface area contributed by atoms with E-state index >= 15 is 0 Å². The Morgan fingerprint density at radius 3 is 1.93 bits per heavy atom. The first-order valence-corrected chi connectivity index (χ1v) is 10.3. The number of anilines is 2. The quantitative estimate of drug-likeness (QED) is 0.467. The van der Waals surface area contributed by atoms with Crippen LogP contribution in [0.5, 0.6) is 0 Å². The molecule has 1 heterocycles. The van der Waals surface area contributed by atoms with Crippen LogP contribution in [0.2, 0.25) is 10.0 Å². The lowest BCUT2D eigenvalue weighted by Gasteiger charge is -2.15. The van der Waals surface area contributed by atoms with Gasteiger partial charge in [-0.15, -0.1) is 0 Å². The standard InChI is InChI=1S/C22H13Cl2FN2O2S/c23-13-1-9-17(10-2-13)27-21(28)19(26-16-7-5-15(25)6-8-16)20(22(27)29)30-18-11-3-14(24)4-12-18/h1-12,26H. The number of rotatable bonds is 5. The van der Waals surface area contributed by atoms with Gasteiger partial charge in [0.05, 0.1) is 5.69 Å². The summed E-state index contributed by atoms with van der Waals surface area (Å²) in [6.07, 6.45) is 0. The molecule has 0 unspecified atom stereocenters. The van der Waals surface area contributed by atoms with Gasteiger partial charge in [-0.3, -0.25) is 9.59 Å². The molecule has 0 atom stereocenters. The number of amides is 2. The minimum absolute atomic E-state index is 0.113. The molecule has 30 heavy (non-hydrogen) atoms. The molecule has 4 rings (SSSR count). The fourth-order valence-electron chi connectivity index (χ4n) is 2.84. The number of nitrogens with zero attached hydrogens (tertiary/aromatic N) is 1. The highest BCUT2D eigenvalue weighted by molar-refractivity contribution is 8.04. The van der Waals surface area contributed by atoms with E-state index in [0.717, 1.165) is 21.6 Å². The molecule has 1 aliphatic rings. The molecule has 0 fully saturated rings. The highest BCUT2D eigenvalue weighted by atomic mass is 35.5. The largest absolute Gasteiger partial charge is 0.350 e. The summed E-state index contributed by atoms with van der Waals surface area (Å²) in [5, 5.41) is 4.03. The van der Waals surface area contributed by atoms with Gasteiger partial charge < -0.3 is 5.32 Å². The first-order chi connectivity index (χ1) is 14.4. The summed E-state index contributed by atoms with van der Waals surface area (Å²) in [6, 6.07) is 18.9. The van der Waals surface area contributed by atoms with E-state index in [4.69, 9.17) is 23.2 Å². The topological polar surface area (TPSA) is 49.4 Å². The van der Waals surface area contributed by atoms with Gasteiger partial charge in [0.15, 0.2) is 0 Å². The summed E-state index contributed by atoms with van der Waals surface area (Å²) in [7, 11) is 0. The number of nitrogens with one attached hydrogen (secondary N) is 1. The molecule has 0 aromatic heterocycles. The number of hydrogen-bond donors (Lipinski definition) is 1. The lowest BCUT2D eigenvalue weighted by atomic mass is 10.3. The number of benzene rings is 3. The lowest BCUT2D eigenvalue weighted by Crippen LogP contribution is -2.32. The van der Waals surface area contributed by atoms with Crippen LogP contribution in [0.4, 0.5) is 15.8 Å². The minimum Gasteiger partial charge on any atom is -0.350 e. The summed E-state index contributed by atoms with van der Waals surface area (Å²) in [5.41, 5.74) is 1.00. The van der Waals surface area contributed by atoms with Crippen LogP contribution in [-0.4, -0.2) is 11.8 Å². The second kappa shape index (κ2) is 8.52. The predicted molar refractivity (Wildman–Crippen MR) is 118 cm³/mol. The van der Waals surface area contributed by atoms with Crippen molar-refractivity contribution in [2.24, 2.45) is 0 Å². The monoisotopic (exact) mass is 458 g/mol. The zero-order valence-electron chi connectivity index (χ0n) is 15.2. The SMILES string of the molecule is O=C1C(Nc2ccc(F)cc2)=C(Sc2ccc(Cl)cc2)C(=O)N1c1ccc(Cl)cc1. The zero-order valence-corrected chi connectivity index (χ0v) is 17.6. The van der Waals surface area contributed by atoms with Crippen LogP contribution in [0.25, 0.3) is 0 Å². The molecule has 0 spiro atoms. The maximum absolute atomic E-state index is 13.3. The van der Waals surface area contributed by atoms with Gasteiger partial charge in [0.1, 0.15) is 16.4 Å². The van der Waals surface area contributed by atoms with Crippen LogP contribution in [0.1, 0.15) is 0 Å². The van der Waals surface area contributed by atoms with Gasteiger partial charge in [-0.2, -0.15) is 0 Å². The van der Waals surface area contributed by atoms with Gasteiger partial charge >= 0.3 is 0 Å².